The normalized spacial score (nSPS) is 14.0. The molecule has 81 heavy (non-hydrogen) atoms. The number of phosphoric ester groups is 1. The van der Waals surface area contributed by atoms with E-state index in [9.17, 15) is 19.4 Å². The molecular weight excluding hydrogens is 1020 g/mol. The predicted molar refractivity (Wildman–Crippen MR) is 353 cm³/mol. The molecular formula is C72H137N2O6P. The first-order chi connectivity index (χ1) is 39.5. The summed E-state index contributed by atoms with van der Waals surface area (Å²) in [5.74, 6) is -0.191. The Bertz CT molecular complexity index is 1500. The van der Waals surface area contributed by atoms with E-state index in [-0.39, 0.29) is 19.1 Å². The topological polar surface area (TPSA) is 108 Å². The van der Waals surface area contributed by atoms with Gasteiger partial charge in [-0.05, 0) is 57.8 Å². The predicted octanol–water partition coefficient (Wildman–Crippen LogP) is 21.8. The number of nitrogens with one attached hydrogen (secondary N) is 1. The van der Waals surface area contributed by atoms with Crippen molar-refractivity contribution in [3.05, 3.63) is 60.8 Å². The van der Waals surface area contributed by atoms with Gasteiger partial charge in [0.1, 0.15) is 13.2 Å². The summed E-state index contributed by atoms with van der Waals surface area (Å²) in [6.07, 6.45) is 86.3. The summed E-state index contributed by atoms with van der Waals surface area (Å²) in [6.45, 7) is 4.59. The highest BCUT2D eigenvalue weighted by atomic mass is 31.2. The van der Waals surface area contributed by atoms with Gasteiger partial charge in [-0.25, -0.2) is 0 Å². The van der Waals surface area contributed by atoms with Crippen molar-refractivity contribution in [2.45, 2.75) is 353 Å². The molecule has 0 aliphatic rings. The number of hydrogen-bond donors (Lipinski definition) is 2. The van der Waals surface area contributed by atoms with Gasteiger partial charge in [-0.2, -0.15) is 0 Å². The largest absolute Gasteiger partial charge is 0.756 e. The number of amides is 1. The van der Waals surface area contributed by atoms with Gasteiger partial charge in [-0.1, -0.05) is 338 Å². The quantitative estimate of drug-likeness (QED) is 0.0272. The second-order valence-corrected chi connectivity index (χ2v) is 26.6. The molecule has 0 rings (SSSR count). The summed E-state index contributed by atoms with van der Waals surface area (Å²) in [5, 5.41) is 14.0. The fourth-order valence-corrected chi connectivity index (χ4v) is 11.3. The molecule has 0 fully saturated rings. The van der Waals surface area contributed by atoms with Crippen LogP contribution in [0.4, 0.5) is 0 Å². The standard InChI is InChI=1S/C72H137N2O6P/c1-6-8-10-12-14-16-18-20-22-24-26-28-30-31-32-33-34-35-36-37-38-39-40-41-42-43-44-46-48-50-52-54-56-58-60-62-64-66-72(76)73-70(69-80-81(77,78)79-68-67-74(3,4)5)71(75)65-63-61-59-57-55-53-51-49-47-45-29-27-25-23-21-19-17-15-13-11-9-7-2/h8,10,14,16,20,22,26,28,63,65,70-71,75H,6-7,9,11-13,15,17-19,21,23-25,27,29-62,64,66-69H2,1-5H3,(H-,73,76,77,78)/b10-8-,16-14-,22-20-,28-26-,65-63+. The van der Waals surface area contributed by atoms with Crippen molar-refractivity contribution in [1.82, 2.24) is 5.32 Å². The average molecular weight is 1160 g/mol. The highest BCUT2D eigenvalue weighted by Crippen LogP contribution is 2.38. The number of quaternary nitrogens is 1. The summed E-state index contributed by atoms with van der Waals surface area (Å²) in [6, 6.07) is -0.887. The second kappa shape index (κ2) is 62.7. The van der Waals surface area contributed by atoms with Crippen molar-refractivity contribution >= 4 is 13.7 Å². The molecule has 0 aliphatic carbocycles. The Morgan fingerprint density at radius 3 is 1.10 bits per heavy atom. The van der Waals surface area contributed by atoms with Gasteiger partial charge in [0, 0.05) is 6.42 Å². The maximum atomic E-state index is 13.0. The summed E-state index contributed by atoms with van der Waals surface area (Å²) in [7, 11) is 1.28. The van der Waals surface area contributed by atoms with Gasteiger partial charge in [0.15, 0.2) is 0 Å². The molecule has 0 saturated carbocycles. The third-order valence-corrected chi connectivity index (χ3v) is 16.9. The number of nitrogens with zero attached hydrogens (tertiary/aromatic N) is 1. The number of rotatable bonds is 65. The van der Waals surface area contributed by atoms with Gasteiger partial charge in [-0.3, -0.25) is 9.36 Å². The average Bonchev–Trinajstić information content (AvgIpc) is 3.43. The number of phosphoric acid groups is 1. The van der Waals surface area contributed by atoms with E-state index in [1.54, 1.807) is 6.08 Å². The number of aliphatic hydroxyl groups excluding tert-OH is 1. The van der Waals surface area contributed by atoms with E-state index in [0.717, 1.165) is 64.2 Å². The maximum Gasteiger partial charge on any atom is 0.268 e. The van der Waals surface area contributed by atoms with Crippen LogP contribution in [0.25, 0.3) is 0 Å². The molecule has 0 aliphatic heterocycles. The van der Waals surface area contributed by atoms with Crippen molar-refractivity contribution in [2.75, 3.05) is 40.9 Å². The Morgan fingerprint density at radius 1 is 0.444 bits per heavy atom. The summed E-state index contributed by atoms with van der Waals surface area (Å²) in [5.41, 5.74) is 0. The molecule has 3 atom stereocenters. The Morgan fingerprint density at radius 2 is 0.753 bits per heavy atom. The first-order valence-electron chi connectivity index (χ1n) is 35.2. The number of carbonyl (C=O) groups is 1. The molecule has 476 valence electrons. The number of carbonyl (C=O) groups excluding carboxylic acids is 1. The molecule has 0 aromatic carbocycles. The zero-order chi connectivity index (χ0) is 59.1. The highest BCUT2D eigenvalue weighted by molar-refractivity contribution is 7.45. The van der Waals surface area contributed by atoms with E-state index in [2.05, 4.69) is 67.8 Å². The van der Waals surface area contributed by atoms with E-state index in [1.807, 2.05) is 27.2 Å². The third-order valence-electron chi connectivity index (χ3n) is 16.0. The lowest BCUT2D eigenvalue weighted by atomic mass is 10.0. The summed E-state index contributed by atoms with van der Waals surface area (Å²) < 4.78 is 23.5. The first kappa shape index (κ1) is 79.2. The van der Waals surface area contributed by atoms with E-state index in [4.69, 9.17) is 9.05 Å². The van der Waals surface area contributed by atoms with Crippen molar-refractivity contribution in [2.24, 2.45) is 0 Å². The molecule has 9 heteroatoms. The van der Waals surface area contributed by atoms with Crippen LogP contribution >= 0.6 is 7.82 Å². The Hall–Kier alpha value is -1.80. The van der Waals surface area contributed by atoms with Gasteiger partial charge in [0.05, 0.1) is 39.9 Å². The van der Waals surface area contributed by atoms with Crippen LogP contribution in [0.5, 0.6) is 0 Å². The van der Waals surface area contributed by atoms with Gasteiger partial charge < -0.3 is 28.8 Å². The fourth-order valence-electron chi connectivity index (χ4n) is 10.6. The molecule has 0 spiro atoms. The van der Waals surface area contributed by atoms with Crippen LogP contribution in [-0.2, 0) is 18.4 Å². The van der Waals surface area contributed by atoms with E-state index < -0.39 is 20.0 Å². The van der Waals surface area contributed by atoms with Gasteiger partial charge in [-0.15, -0.1) is 0 Å². The third kappa shape index (κ3) is 65.6. The number of likely N-dealkylation sites (N-methyl/N-ethyl adjacent to an activating group) is 1. The monoisotopic (exact) mass is 1160 g/mol. The molecule has 0 radical (unpaired) electrons. The Balaban J connectivity index is 3.98. The Kier molecular flexibility index (Phi) is 61.3. The number of allylic oxidation sites excluding steroid dienone is 9. The van der Waals surface area contributed by atoms with Gasteiger partial charge in [0.2, 0.25) is 5.91 Å². The van der Waals surface area contributed by atoms with Crippen LogP contribution in [-0.4, -0.2) is 68.5 Å². The van der Waals surface area contributed by atoms with Crippen LogP contribution in [0, 0.1) is 0 Å². The first-order valence-corrected chi connectivity index (χ1v) is 36.6. The minimum absolute atomic E-state index is 0.000428. The minimum Gasteiger partial charge on any atom is -0.756 e. The van der Waals surface area contributed by atoms with Crippen LogP contribution in [0.1, 0.15) is 341 Å². The second-order valence-electron chi connectivity index (χ2n) is 25.2. The van der Waals surface area contributed by atoms with Gasteiger partial charge >= 0.3 is 0 Å². The lowest BCUT2D eigenvalue weighted by Crippen LogP contribution is -2.45. The smallest absolute Gasteiger partial charge is 0.268 e. The molecule has 1 amide bonds. The Labute approximate surface area is 504 Å². The SMILES string of the molecule is CC/C=C\C/C=C\C/C=C\C/C=C\CCCCCCCCCCCCCCCCCCCCCCCCCCC(=O)NC(COP(=O)([O-])OCC[N+](C)(C)C)C(O)/C=C/CCCCCCCCCCCCCCCCCCCCCC. The fraction of sp³-hybridized carbons (Fsp3) is 0.847. The zero-order valence-electron chi connectivity index (χ0n) is 54.5. The molecule has 0 bridgehead atoms. The van der Waals surface area contributed by atoms with Crippen LogP contribution in [0.3, 0.4) is 0 Å². The summed E-state index contributed by atoms with van der Waals surface area (Å²) >= 11 is 0. The van der Waals surface area contributed by atoms with Crippen LogP contribution < -0.4 is 10.2 Å². The molecule has 0 saturated heterocycles. The van der Waals surface area contributed by atoms with E-state index in [1.165, 1.54) is 257 Å². The highest BCUT2D eigenvalue weighted by Gasteiger charge is 2.23. The van der Waals surface area contributed by atoms with Crippen LogP contribution in [0.15, 0.2) is 60.8 Å². The van der Waals surface area contributed by atoms with E-state index >= 15 is 0 Å². The van der Waals surface area contributed by atoms with Crippen molar-refractivity contribution in [3.8, 4) is 0 Å². The zero-order valence-corrected chi connectivity index (χ0v) is 55.4. The lowest BCUT2D eigenvalue weighted by molar-refractivity contribution is -0.870. The van der Waals surface area contributed by atoms with Crippen molar-refractivity contribution in [1.29, 1.82) is 0 Å². The molecule has 0 heterocycles. The van der Waals surface area contributed by atoms with Crippen molar-refractivity contribution in [3.63, 3.8) is 0 Å². The van der Waals surface area contributed by atoms with Crippen LogP contribution in [0.2, 0.25) is 0 Å². The number of aliphatic hydroxyl groups is 1. The molecule has 2 N–H and O–H groups in total. The maximum absolute atomic E-state index is 13.0. The summed E-state index contributed by atoms with van der Waals surface area (Å²) in [4.78, 5) is 25.6. The number of hydrogen-bond acceptors (Lipinski definition) is 6. The van der Waals surface area contributed by atoms with Crippen molar-refractivity contribution < 1.29 is 32.9 Å². The molecule has 3 unspecified atom stereocenters. The molecule has 0 aromatic rings. The van der Waals surface area contributed by atoms with Gasteiger partial charge in [0.25, 0.3) is 7.82 Å². The molecule has 0 aromatic heterocycles. The lowest BCUT2D eigenvalue weighted by Gasteiger charge is -2.29. The number of unbranched alkanes of at least 4 members (excludes halogenated alkanes) is 44. The minimum atomic E-state index is -4.60. The van der Waals surface area contributed by atoms with E-state index in [0.29, 0.717) is 17.4 Å². The molecule has 8 nitrogen and oxygen atoms in total.